The van der Waals surface area contributed by atoms with Crippen molar-refractivity contribution in [1.29, 1.82) is 0 Å². The van der Waals surface area contributed by atoms with Crippen LogP contribution in [-0.4, -0.2) is 11.6 Å². The van der Waals surface area contributed by atoms with Crippen molar-refractivity contribution in [2.24, 2.45) is 17.8 Å². The van der Waals surface area contributed by atoms with Gasteiger partial charge in [-0.1, -0.05) is 72.1 Å². The summed E-state index contributed by atoms with van der Waals surface area (Å²) in [7, 11) is 0. The minimum absolute atomic E-state index is 0.418. The highest BCUT2D eigenvalue weighted by atomic mass is 15.0. The Morgan fingerprint density at radius 3 is 2.29 bits per heavy atom. The molecule has 0 bridgehead atoms. The third-order valence-corrected chi connectivity index (χ3v) is 7.28. The minimum atomic E-state index is 0.418. The van der Waals surface area contributed by atoms with Crippen molar-refractivity contribution >= 4 is 0 Å². The van der Waals surface area contributed by atoms with E-state index in [-0.39, 0.29) is 0 Å². The summed E-state index contributed by atoms with van der Waals surface area (Å²) in [6.45, 7) is 9.74. The zero-order valence-corrected chi connectivity index (χ0v) is 17.2. The Balaban J connectivity index is 1.84. The Morgan fingerprint density at radius 1 is 0.917 bits per heavy atom. The molecule has 3 unspecified atom stereocenters. The first kappa shape index (κ1) is 20.3. The fourth-order valence-corrected chi connectivity index (χ4v) is 5.50. The van der Waals surface area contributed by atoms with Gasteiger partial charge in [-0.2, -0.15) is 0 Å². The van der Waals surface area contributed by atoms with E-state index < -0.39 is 0 Å². The fourth-order valence-electron chi connectivity index (χ4n) is 5.50. The van der Waals surface area contributed by atoms with Crippen LogP contribution in [0, 0.1) is 17.8 Å². The predicted molar refractivity (Wildman–Crippen MR) is 107 cm³/mol. The Labute approximate surface area is 152 Å². The van der Waals surface area contributed by atoms with Crippen LogP contribution in [0.4, 0.5) is 0 Å². The Morgan fingerprint density at radius 2 is 1.62 bits per heavy atom. The SMILES string of the molecule is CCCCC(CCC)C1CCC(C)(NC2CCCCCC2C)CC1. The van der Waals surface area contributed by atoms with E-state index in [0.29, 0.717) is 5.54 Å². The first-order valence-electron chi connectivity index (χ1n) is 11.4. The molecule has 0 aliphatic heterocycles. The normalized spacial score (nSPS) is 36.2. The molecular formula is C23H45N. The van der Waals surface area contributed by atoms with Crippen LogP contribution < -0.4 is 5.32 Å². The maximum absolute atomic E-state index is 4.16. The molecule has 1 heteroatoms. The predicted octanol–water partition coefficient (Wildman–Crippen LogP) is 7.10. The summed E-state index contributed by atoms with van der Waals surface area (Å²) < 4.78 is 0. The van der Waals surface area contributed by atoms with Crippen molar-refractivity contribution < 1.29 is 0 Å². The third-order valence-electron chi connectivity index (χ3n) is 7.28. The molecular weight excluding hydrogens is 290 g/mol. The quantitative estimate of drug-likeness (QED) is 0.466. The average molecular weight is 336 g/mol. The number of hydrogen-bond donors (Lipinski definition) is 1. The Kier molecular flexibility index (Phi) is 8.61. The lowest BCUT2D eigenvalue weighted by atomic mass is 9.70. The molecule has 1 nitrogen and oxygen atoms in total. The molecule has 24 heavy (non-hydrogen) atoms. The molecule has 0 aromatic carbocycles. The highest BCUT2D eigenvalue weighted by Crippen LogP contribution is 2.40. The maximum atomic E-state index is 4.16. The van der Waals surface area contributed by atoms with Gasteiger partial charge >= 0.3 is 0 Å². The van der Waals surface area contributed by atoms with E-state index in [4.69, 9.17) is 0 Å². The van der Waals surface area contributed by atoms with Crippen molar-refractivity contribution in [3.8, 4) is 0 Å². The molecule has 3 atom stereocenters. The van der Waals surface area contributed by atoms with Crippen LogP contribution in [0.2, 0.25) is 0 Å². The Bertz CT molecular complexity index is 329. The van der Waals surface area contributed by atoms with Crippen LogP contribution in [0.1, 0.15) is 118 Å². The zero-order chi connectivity index (χ0) is 17.4. The molecule has 0 aromatic heterocycles. The lowest BCUT2D eigenvalue weighted by molar-refractivity contribution is 0.129. The minimum Gasteiger partial charge on any atom is -0.309 e. The molecule has 2 aliphatic rings. The zero-order valence-electron chi connectivity index (χ0n) is 17.2. The van der Waals surface area contributed by atoms with Crippen LogP contribution in [0.3, 0.4) is 0 Å². The molecule has 0 aromatic rings. The van der Waals surface area contributed by atoms with Crippen molar-refractivity contribution in [3.63, 3.8) is 0 Å². The van der Waals surface area contributed by atoms with Gasteiger partial charge in [-0.3, -0.25) is 0 Å². The lowest BCUT2D eigenvalue weighted by Gasteiger charge is -2.44. The average Bonchev–Trinajstić information content (AvgIpc) is 2.77. The number of nitrogens with one attached hydrogen (secondary N) is 1. The summed E-state index contributed by atoms with van der Waals surface area (Å²) in [5.74, 6) is 2.90. The molecule has 0 radical (unpaired) electrons. The van der Waals surface area contributed by atoms with Gasteiger partial charge in [0.2, 0.25) is 0 Å². The summed E-state index contributed by atoms with van der Waals surface area (Å²) in [5.41, 5.74) is 0.418. The monoisotopic (exact) mass is 335 g/mol. The molecule has 1 N–H and O–H groups in total. The second kappa shape index (κ2) is 10.2. The lowest BCUT2D eigenvalue weighted by Crippen LogP contribution is -2.52. The van der Waals surface area contributed by atoms with Crippen molar-refractivity contribution in [2.75, 3.05) is 0 Å². The molecule has 142 valence electrons. The van der Waals surface area contributed by atoms with Gasteiger partial charge in [0.25, 0.3) is 0 Å². The number of unbranched alkanes of at least 4 members (excludes halogenated alkanes) is 1. The first-order valence-corrected chi connectivity index (χ1v) is 11.4. The van der Waals surface area contributed by atoms with E-state index in [1.807, 2.05) is 0 Å². The largest absolute Gasteiger partial charge is 0.309 e. The smallest absolute Gasteiger partial charge is 0.0156 e. The highest BCUT2D eigenvalue weighted by Gasteiger charge is 2.36. The van der Waals surface area contributed by atoms with E-state index in [9.17, 15) is 0 Å². The van der Waals surface area contributed by atoms with E-state index in [0.717, 1.165) is 23.8 Å². The van der Waals surface area contributed by atoms with Crippen molar-refractivity contribution in [1.82, 2.24) is 5.32 Å². The van der Waals surface area contributed by atoms with Gasteiger partial charge in [0.1, 0.15) is 0 Å². The van der Waals surface area contributed by atoms with Crippen LogP contribution in [0.25, 0.3) is 0 Å². The van der Waals surface area contributed by atoms with Gasteiger partial charge in [-0.05, 0) is 63.2 Å². The van der Waals surface area contributed by atoms with E-state index in [1.165, 1.54) is 89.9 Å². The topological polar surface area (TPSA) is 12.0 Å². The van der Waals surface area contributed by atoms with Crippen molar-refractivity contribution in [3.05, 3.63) is 0 Å². The van der Waals surface area contributed by atoms with Gasteiger partial charge in [0, 0.05) is 11.6 Å². The summed E-state index contributed by atoms with van der Waals surface area (Å²) >= 11 is 0. The van der Waals surface area contributed by atoms with Gasteiger partial charge < -0.3 is 5.32 Å². The van der Waals surface area contributed by atoms with Gasteiger partial charge in [0.15, 0.2) is 0 Å². The summed E-state index contributed by atoms with van der Waals surface area (Å²) in [5, 5.41) is 4.16. The Hall–Kier alpha value is -0.0400. The van der Waals surface area contributed by atoms with E-state index in [1.54, 1.807) is 0 Å². The van der Waals surface area contributed by atoms with Gasteiger partial charge in [-0.15, -0.1) is 0 Å². The summed E-state index contributed by atoms with van der Waals surface area (Å²) in [6, 6.07) is 0.778. The molecule has 0 heterocycles. The van der Waals surface area contributed by atoms with Crippen LogP contribution in [-0.2, 0) is 0 Å². The first-order chi connectivity index (χ1) is 11.6. The van der Waals surface area contributed by atoms with Gasteiger partial charge in [-0.25, -0.2) is 0 Å². The molecule has 2 fully saturated rings. The fraction of sp³-hybridized carbons (Fsp3) is 1.00. The van der Waals surface area contributed by atoms with Crippen molar-refractivity contribution in [2.45, 2.75) is 129 Å². The molecule has 2 rings (SSSR count). The highest BCUT2D eigenvalue weighted by molar-refractivity contribution is 4.94. The molecule has 2 saturated carbocycles. The van der Waals surface area contributed by atoms with Gasteiger partial charge in [0.05, 0.1) is 0 Å². The molecule has 0 saturated heterocycles. The number of hydrogen-bond acceptors (Lipinski definition) is 1. The molecule has 0 amide bonds. The second-order valence-corrected chi connectivity index (χ2v) is 9.46. The number of rotatable bonds is 8. The van der Waals surface area contributed by atoms with Crippen LogP contribution in [0.15, 0.2) is 0 Å². The summed E-state index contributed by atoms with van der Waals surface area (Å²) in [4.78, 5) is 0. The maximum Gasteiger partial charge on any atom is 0.0156 e. The third kappa shape index (κ3) is 6.04. The second-order valence-electron chi connectivity index (χ2n) is 9.46. The molecule has 0 spiro atoms. The summed E-state index contributed by atoms with van der Waals surface area (Å²) in [6.07, 6.45) is 20.1. The standard InChI is InChI=1S/C23H45N/c1-5-7-13-20(11-6-2)21-15-17-23(4,18-16-21)24-22-14-10-8-9-12-19(22)3/h19-22,24H,5-18H2,1-4H3. The van der Waals surface area contributed by atoms with E-state index >= 15 is 0 Å². The van der Waals surface area contributed by atoms with Crippen LogP contribution in [0.5, 0.6) is 0 Å². The molecule has 2 aliphatic carbocycles. The van der Waals surface area contributed by atoms with Crippen LogP contribution >= 0.6 is 0 Å². The van der Waals surface area contributed by atoms with E-state index in [2.05, 4.69) is 33.0 Å².